The molecule has 0 aliphatic heterocycles. The van der Waals surface area contributed by atoms with Gasteiger partial charge in [-0.25, -0.2) is 4.98 Å². The predicted molar refractivity (Wildman–Crippen MR) is 107 cm³/mol. The third-order valence-electron chi connectivity index (χ3n) is 4.25. The lowest BCUT2D eigenvalue weighted by Gasteiger charge is -2.16. The molecule has 0 bridgehead atoms. The number of rotatable bonds is 10. The van der Waals surface area contributed by atoms with E-state index in [-0.39, 0.29) is 0 Å². The van der Waals surface area contributed by atoms with Gasteiger partial charge in [-0.3, -0.25) is 0 Å². The minimum atomic E-state index is 0.397. The van der Waals surface area contributed by atoms with Gasteiger partial charge in [0.05, 0.1) is 13.4 Å². The second kappa shape index (κ2) is 10.00. The fourth-order valence-electron chi connectivity index (χ4n) is 2.82. The van der Waals surface area contributed by atoms with E-state index < -0.39 is 0 Å². The Morgan fingerprint density at radius 2 is 1.96 bits per heavy atom. The highest BCUT2D eigenvalue weighted by molar-refractivity contribution is 6.31. The van der Waals surface area contributed by atoms with Crippen molar-refractivity contribution in [3.8, 4) is 11.5 Å². The first kappa shape index (κ1) is 19.3. The number of methoxy groups -OCH3 is 1. The van der Waals surface area contributed by atoms with Crippen molar-refractivity contribution in [3.05, 3.63) is 77.3 Å². The predicted octanol–water partition coefficient (Wildman–Crippen LogP) is 4.30. The van der Waals surface area contributed by atoms with Crippen molar-refractivity contribution in [1.29, 1.82) is 0 Å². The standard InChI is InChI=1S/C21H24ClN3O2/c1-26-20-9-4-7-17(14-23-10-5-12-25-13-11-24-16-25)21(20)27-15-18-6-2-3-8-19(18)22/h2-4,6-9,11,13,16,23H,5,10,12,14-15H2,1H3. The van der Waals surface area contributed by atoms with Crippen molar-refractivity contribution in [2.45, 2.75) is 26.1 Å². The molecule has 0 fully saturated rings. The zero-order chi connectivity index (χ0) is 18.9. The van der Waals surface area contributed by atoms with Gasteiger partial charge in [0, 0.05) is 41.6 Å². The first-order valence-corrected chi connectivity index (χ1v) is 9.34. The van der Waals surface area contributed by atoms with Gasteiger partial charge in [-0.15, -0.1) is 0 Å². The Balaban J connectivity index is 1.58. The van der Waals surface area contributed by atoms with Crippen LogP contribution < -0.4 is 14.8 Å². The molecule has 0 spiro atoms. The first-order valence-electron chi connectivity index (χ1n) is 8.96. The van der Waals surface area contributed by atoms with Gasteiger partial charge in [0.25, 0.3) is 0 Å². The molecule has 142 valence electrons. The zero-order valence-corrected chi connectivity index (χ0v) is 16.2. The summed E-state index contributed by atoms with van der Waals surface area (Å²) in [5.74, 6) is 1.47. The number of nitrogens with zero attached hydrogens (tertiary/aromatic N) is 2. The zero-order valence-electron chi connectivity index (χ0n) is 15.4. The number of ether oxygens (including phenoxy) is 2. The maximum atomic E-state index is 6.23. The van der Waals surface area contributed by atoms with Gasteiger partial charge in [-0.05, 0) is 25.1 Å². The van der Waals surface area contributed by atoms with Crippen LogP contribution in [0.15, 0.2) is 61.2 Å². The number of aryl methyl sites for hydroxylation is 1. The molecule has 1 heterocycles. The summed E-state index contributed by atoms with van der Waals surface area (Å²) in [5, 5.41) is 4.17. The molecule has 0 saturated carbocycles. The number of benzene rings is 2. The Bertz CT molecular complexity index is 837. The van der Waals surface area contributed by atoms with E-state index in [1.165, 1.54) is 0 Å². The molecule has 6 heteroatoms. The highest BCUT2D eigenvalue weighted by atomic mass is 35.5. The van der Waals surface area contributed by atoms with Gasteiger partial charge in [-0.2, -0.15) is 0 Å². The Hall–Kier alpha value is -2.50. The molecular formula is C21H24ClN3O2. The van der Waals surface area contributed by atoms with Crippen LogP contribution in [0.5, 0.6) is 11.5 Å². The van der Waals surface area contributed by atoms with Crippen LogP contribution in [0.3, 0.4) is 0 Å². The summed E-state index contributed by atoms with van der Waals surface area (Å²) in [4.78, 5) is 4.05. The number of para-hydroxylation sites is 1. The van der Waals surface area contributed by atoms with E-state index in [1.54, 1.807) is 13.3 Å². The molecule has 0 radical (unpaired) electrons. The molecule has 0 aliphatic rings. The van der Waals surface area contributed by atoms with Gasteiger partial charge < -0.3 is 19.4 Å². The second-order valence-electron chi connectivity index (χ2n) is 6.16. The van der Waals surface area contributed by atoms with Crippen LogP contribution in [-0.4, -0.2) is 23.2 Å². The number of nitrogens with one attached hydrogen (secondary N) is 1. The van der Waals surface area contributed by atoms with Crippen LogP contribution in [0.25, 0.3) is 0 Å². The number of imidazole rings is 1. The number of aromatic nitrogens is 2. The molecule has 5 nitrogen and oxygen atoms in total. The summed E-state index contributed by atoms with van der Waals surface area (Å²) >= 11 is 6.23. The molecule has 1 N–H and O–H groups in total. The van der Waals surface area contributed by atoms with Crippen LogP contribution in [0.2, 0.25) is 5.02 Å². The summed E-state index contributed by atoms with van der Waals surface area (Å²) in [6, 6.07) is 13.6. The van der Waals surface area contributed by atoms with E-state index in [9.17, 15) is 0 Å². The second-order valence-corrected chi connectivity index (χ2v) is 6.57. The van der Waals surface area contributed by atoms with Crippen LogP contribution in [0.4, 0.5) is 0 Å². The lowest BCUT2D eigenvalue weighted by Crippen LogP contribution is -2.17. The molecular weight excluding hydrogens is 362 g/mol. The van der Waals surface area contributed by atoms with Crippen molar-refractivity contribution < 1.29 is 9.47 Å². The number of halogens is 1. The largest absolute Gasteiger partial charge is 0.493 e. The van der Waals surface area contributed by atoms with Gasteiger partial charge in [-0.1, -0.05) is 41.9 Å². The Labute approximate surface area is 164 Å². The van der Waals surface area contributed by atoms with E-state index in [0.717, 1.165) is 42.1 Å². The monoisotopic (exact) mass is 385 g/mol. The Morgan fingerprint density at radius 1 is 1.11 bits per heavy atom. The van der Waals surface area contributed by atoms with Crippen LogP contribution in [-0.2, 0) is 19.7 Å². The van der Waals surface area contributed by atoms with Gasteiger partial charge in [0.1, 0.15) is 6.61 Å². The molecule has 27 heavy (non-hydrogen) atoms. The van der Waals surface area contributed by atoms with Gasteiger partial charge >= 0.3 is 0 Å². The molecule has 1 aromatic heterocycles. The normalized spacial score (nSPS) is 10.7. The lowest BCUT2D eigenvalue weighted by atomic mass is 10.1. The molecule has 0 aliphatic carbocycles. The minimum Gasteiger partial charge on any atom is -0.493 e. The van der Waals surface area contributed by atoms with Crippen LogP contribution in [0, 0.1) is 0 Å². The SMILES string of the molecule is COc1cccc(CNCCCn2ccnc2)c1OCc1ccccc1Cl. The van der Waals surface area contributed by atoms with Crippen molar-refractivity contribution in [1.82, 2.24) is 14.9 Å². The van der Waals surface area contributed by atoms with Crippen LogP contribution >= 0.6 is 11.6 Å². The molecule has 0 saturated heterocycles. The van der Waals surface area contributed by atoms with Crippen LogP contribution in [0.1, 0.15) is 17.5 Å². The molecule has 3 rings (SSSR count). The molecule has 0 atom stereocenters. The summed E-state index contributed by atoms with van der Waals surface area (Å²) < 4.78 is 13.6. The molecule has 0 unspecified atom stereocenters. The van der Waals surface area contributed by atoms with Gasteiger partial charge in [0.2, 0.25) is 0 Å². The fourth-order valence-corrected chi connectivity index (χ4v) is 3.01. The van der Waals surface area contributed by atoms with Gasteiger partial charge in [0.15, 0.2) is 11.5 Å². The highest BCUT2D eigenvalue weighted by Crippen LogP contribution is 2.32. The summed E-state index contributed by atoms with van der Waals surface area (Å²) in [5.41, 5.74) is 2.01. The Kier molecular flexibility index (Phi) is 7.13. The van der Waals surface area contributed by atoms with E-state index in [0.29, 0.717) is 18.2 Å². The van der Waals surface area contributed by atoms with Crippen molar-refractivity contribution in [2.75, 3.05) is 13.7 Å². The third-order valence-corrected chi connectivity index (χ3v) is 4.62. The maximum Gasteiger partial charge on any atom is 0.166 e. The van der Waals surface area contributed by atoms with E-state index >= 15 is 0 Å². The first-order chi connectivity index (χ1) is 13.3. The summed E-state index contributed by atoms with van der Waals surface area (Å²) in [6.45, 7) is 2.95. The number of hydrogen-bond donors (Lipinski definition) is 1. The van der Waals surface area contributed by atoms with E-state index in [2.05, 4.69) is 14.9 Å². The minimum absolute atomic E-state index is 0.397. The van der Waals surface area contributed by atoms with Crippen molar-refractivity contribution in [3.63, 3.8) is 0 Å². The van der Waals surface area contributed by atoms with Crippen molar-refractivity contribution in [2.24, 2.45) is 0 Å². The quantitative estimate of drug-likeness (QED) is 0.528. The maximum absolute atomic E-state index is 6.23. The average molecular weight is 386 g/mol. The average Bonchev–Trinajstić information content (AvgIpc) is 3.21. The fraction of sp³-hybridized carbons (Fsp3) is 0.286. The molecule has 3 aromatic rings. The highest BCUT2D eigenvalue weighted by Gasteiger charge is 2.11. The molecule has 2 aromatic carbocycles. The Morgan fingerprint density at radius 3 is 2.74 bits per heavy atom. The van der Waals surface area contributed by atoms with E-state index in [4.69, 9.17) is 21.1 Å². The topological polar surface area (TPSA) is 48.3 Å². The number of hydrogen-bond acceptors (Lipinski definition) is 4. The molecule has 0 amide bonds. The summed E-state index contributed by atoms with van der Waals surface area (Å²) in [7, 11) is 1.65. The lowest BCUT2D eigenvalue weighted by molar-refractivity contribution is 0.280. The van der Waals surface area contributed by atoms with E-state index in [1.807, 2.05) is 55.0 Å². The summed E-state index contributed by atoms with van der Waals surface area (Å²) in [6.07, 6.45) is 6.63. The third kappa shape index (κ3) is 5.49. The van der Waals surface area contributed by atoms with Crippen molar-refractivity contribution >= 4 is 11.6 Å². The smallest absolute Gasteiger partial charge is 0.166 e.